The number of aromatic nitrogens is 3. The molecule has 9 heteroatoms. The minimum Gasteiger partial charge on any atom is -0.468 e. The maximum absolute atomic E-state index is 13.3. The topological polar surface area (TPSA) is 54.7 Å². The number of H-pyrrole nitrogens is 1. The number of rotatable bonds is 6. The summed E-state index contributed by atoms with van der Waals surface area (Å²) in [5, 5.41) is 0.763. The quantitative estimate of drug-likeness (QED) is 0.338. The Morgan fingerprint density at radius 1 is 1.04 bits per heavy atom. The highest BCUT2D eigenvalue weighted by Gasteiger charge is 2.07. The third-order valence-electron chi connectivity index (χ3n) is 3.72. The van der Waals surface area contributed by atoms with Gasteiger partial charge in [-0.3, -0.25) is 4.98 Å². The third kappa shape index (κ3) is 5.67. The first-order valence-corrected chi connectivity index (χ1v) is 10.0. The fourth-order valence-electron chi connectivity index (χ4n) is 2.58. The second-order valence-electron chi connectivity index (χ2n) is 5.80. The Balaban J connectivity index is 0.00000140. The molecular weight excluding hydrogens is 440 g/mol. The fraction of sp³-hybridized carbons (Fsp3) is 0.158. The van der Waals surface area contributed by atoms with Crippen LogP contribution < -0.4 is 0 Å². The fourth-order valence-corrected chi connectivity index (χ4v) is 4.30. The lowest BCUT2D eigenvalue weighted by Crippen LogP contribution is -1.92. The first-order chi connectivity index (χ1) is 12.7. The number of furan rings is 1. The molecule has 0 aliphatic carbocycles. The van der Waals surface area contributed by atoms with Gasteiger partial charge in [0.2, 0.25) is 0 Å². The Kier molecular flexibility index (Phi) is 8.24. The lowest BCUT2D eigenvalue weighted by Gasteiger charge is -2.05. The van der Waals surface area contributed by atoms with Crippen LogP contribution in [-0.4, -0.2) is 15.0 Å². The molecule has 1 aromatic carbocycles. The number of thioether (sulfide) groups is 2. The van der Waals surface area contributed by atoms with E-state index in [4.69, 9.17) is 4.42 Å². The van der Waals surface area contributed by atoms with Crippen molar-refractivity contribution < 1.29 is 8.81 Å². The average Bonchev–Trinajstić information content (AvgIpc) is 3.26. The first kappa shape index (κ1) is 22.6. The molecular formula is C19H18Cl2FN3OS2. The number of hydrogen-bond acceptors (Lipinski definition) is 5. The molecule has 148 valence electrons. The summed E-state index contributed by atoms with van der Waals surface area (Å²) in [6.07, 6.45) is 1.69. The number of aryl methyl sites for hydroxylation is 1. The number of fused-ring (bicyclic) bond motifs is 1. The van der Waals surface area contributed by atoms with Crippen LogP contribution in [0, 0.1) is 12.7 Å². The van der Waals surface area contributed by atoms with Crippen molar-refractivity contribution >= 4 is 59.4 Å². The Bertz CT molecular complexity index is 1040. The Hall–Kier alpha value is -1.67. The van der Waals surface area contributed by atoms with E-state index < -0.39 is 0 Å². The van der Waals surface area contributed by atoms with Crippen LogP contribution in [-0.2, 0) is 11.5 Å². The molecule has 1 N–H and O–H groups in total. The summed E-state index contributed by atoms with van der Waals surface area (Å²) in [4.78, 5) is 13.4. The largest absolute Gasteiger partial charge is 0.468 e. The summed E-state index contributed by atoms with van der Waals surface area (Å²) in [5.41, 5.74) is 3.44. The van der Waals surface area contributed by atoms with Crippen LogP contribution in [0.3, 0.4) is 0 Å². The Morgan fingerprint density at radius 2 is 1.89 bits per heavy atom. The monoisotopic (exact) mass is 457 g/mol. The van der Waals surface area contributed by atoms with Crippen molar-refractivity contribution in [3.8, 4) is 0 Å². The van der Waals surface area contributed by atoms with Crippen LogP contribution >= 0.6 is 48.3 Å². The van der Waals surface area contributed by atoms with Gasteiger partial charge < -0.3 is 9.40 Å². The van der Waals surface area contributed by atoms with Crippen molar-refractivity contribution in [2.75, 3.05) is 0 Å². The highest BCUT2D eigenvalue weighted by atomic mass is 35.5. The summed E-state index contributed by atoms with van der Waals surface area (Å²) < 4.78 is 18.7. The van der Waals surface area contributed by atoms with E-state index in [-0.39, 0.29) is 30.6 Å². The summed E-state index contributed by atoms with van der Waals surface area (Å²) in [5.74, 6) is 2.17. The number of aromatic amines is 1. The smallest absolute Gasteiger partial charge is 0.166 e. The van der Waals surface area contributed by atoms with Crippen molar-refractivity contribution in [2.24, 2.45) is 0 Å². The summed E-state index contributed by atoms with van der Waals surface area (Å²) >= 11 is 3.28. The van der Waals surface area contributed by atoms with E-state index in [1.165, 1.54) is 12.1 Å². The van der Waals surface area contributed by atoms with Gasteiger partial charge in [-0.2, -0.15) is 0 Å². The third-order valence-corrected chi connectivity index (χ3v) is 5.62. The van der Waals surface area contributed by atoms with Gasteiger partial charge in [-0.25, -0.2) is 9.37 Å². The van der Waals surface area contributed by atoms with Crippen molar-refractivity contribution in [1.29, 1.82) is 0 Å². The van der Waals surface area contributed by atoms with Gasteiger partial charge in [0.25, 0.3) is 0 Å². The first-order valence-electron chi connectivity index (χ1n) is 8.06. The van der Waals surface area contributed by atoms with E-state index in [9.17, 15) is 4.39 Å². The van der Waals surface area contributed by atoms with E-state index >= 15 is 0 Å². The maximum atomic E-state index is 13.3. The molecule has 0 spiro atoms. The molecule has 0 saturated heterocycles. The van der Waals surface area contributed by atoms with E-state index in [0.29, 0.717) is 11.3 Å². The molecule has 0 aliphatic rings. The average molecular weight is 458 g/mol. The van der Waals surface area contributed by atoms with Gasteiger partial charge in [-0.05, 0) is 49.4 Å². The Labute approximate surface area is 182 Å². The van der Waals surface area contributed by atoms with Crippen LogP contribution in [0.25, 0.3) is 11.0 Å². The van der Waals surface area contributed by atoms with Crippen LogP contribution in [0.4, 0.5) is 4.39 Å². The number of halogens is 3. The van der Waals surface area contributed by atoms with E-state index in [1.807, 2.05) is 19.1 Å². The van der Waals surface area contributed by atoms with Crippen LogP contribution in [0.2, 0.25) is 0 Å². The van der Waals surface area contributed by atoms with Gasteiger partial charge in [0, 0.05) is 16.3 Å². The molecule has 4 rings (SSSR count). The normalized spacial score (nSPS) is 10.5. The minimum absolute atomic E-state index is 0. The van der Waals surface area contributed by atoms with Gasteiger partial charge in [0.15, 0.2) is 5.16 Å². The van der Waals surface area contributed by atoms with Gasteiger partial charge in [0.1, 0.15) is 11.6 Å². The van der Waals surface area contributed by atoms with Crippen LogP contribution in [0.5, 0.6) is 0 Å². The molecule has 0 bridgehead atoms. The molecule has 0 radical (unpaired) electrons. The maximum Gasteiger partial charge on any atom is 0.166 e. The standard InChI is InChI=1S/C19H16FN3OS2.2ClH/c1-12-7-16(25-11-15-3-2-6-24-15)9-14(21-12)10-26-19-22-17-5-4-13(20)8-18(17)23-19;;/h2-9H,10-11H2,1H3,(H,22,23);2*1H. The summed E-state index contributed by atoms with van der Waals surface area (Å²) in [6.45, 7) is 2.00. The lowest BCUT2D eigenvalue weighted by atomic mass is 10.3. The number of nitrogens with zero attached hydrogens (tertiary/aromatic N) is 2. The van der Waals surface area contributed by atoms with Crippen molar-refractivity contribution in [3.05, 3.63) is 71.7 Å². The van der Waals surface area contributed by atoms with Gasteiger partial charge >= 0.3 is 0 Å². The lowest BCUT2D eigenvalue weighted by molar-refractivity contribution is 0.530. The number of benzene rings is 1. The molecule has 0 saturated carbocycles. The predicted molar refractivity (Wildman–Crippen MR) is 117 cm³/mol. The van der Waals surface area contributed by atoms with Gasteiger partial charge in [0.05, 0.1) is 28.7 Å². The second kappa shape index (κ2) is 10.2. The van der Waals surface area contributed by atoms with Crippen LogP contribution in [0.1, 0.15) is 17.1 Å². The van der Waals surface area contributed by atoms with Crippen LogP contribution in [0.15, 0.2) is 63.2 Å². The number of pyridine rings is 1. The number of imidazole rings is 1. The molecule has 0 fully saturated rings. The highest BCUT2D eigenvalue weighted by Crippen LogP contribution is 2.27. The SMILES string of the molecule is Cc1cc(SCc2ccco2)cc(CSc2nc3ccc(F)cc3[nH]2)n1.Cl.Cl. The van der Waals surface area contributed by atoms with Gasteiger partial charge in [-0.1, -0.05) is 11.8 Å². The van der Waals surface area contributed by atoms with Crippen molar-refractivity contribution in [2.45, 2.75) is 28.5 Å². The zero-order valence-electron chi connectivity index (χ0n) is 14.8. The Morgan fingerprint density at radius 3 is 2.68 bits per heavy atom. The molecule has 3 heterocycles. The molecule has 28 heavy (non-hydrogen) atoms. The summed E-state index contributed by atoms with van der Waals surface area (Å²) in [6, 6.07) is 12.6. The van der Waals surface area contributed by atoms with E-state index in [2.05, 4.69) is 27.1 Å². The molecule has 0 unspecified atom stereocenters. The van der Waals surface area contributed by atoms with Crippen molar-refractivity contribution in [3.63, 3.8) is 0 Å². The van der Waals surface area contributed by atoms with E-state index in [1.54, 1.807) is 35.9 Å². The second-order valence-corrected chi connectivity index (χ2v) is 7.81. The van der Waals surface area contributed by atoms with Gasteiger partial charge in [-0.15, -0.1) is 36.6 Å². The zero-order chi connectivity index (χ0) is 17.9. The molecule has 4 nitrogen and oxygen atoms in total. The summed E-state index contributed by atoms with van der Waals surface area (Å²) in [7, 11) is 0. The molecule has 0 amide bonds. The molecule has 3 aromatic heterocycles. The highest BCUT2D eigenvalue weighted by molar-refractivity contribution is 7.98. The minimum atomic E-state index is -0.267. The van der Waals surface area contributed by atoms with Crippen molar-refractivity contribution in [1.82, 2.24) is 15.0 Å². The van der Waals surface area contributed by atoms with E-state index in [0.717, 1.165) is 38.5 Å². The molecule has 4 aromatic rings. The molecule has 0 aliphatic heterocycles. The molecule has 0 atom stereocenters. The zero-order valence-corrected chi connectivity index (χ0v) is 18.1. The predicted octanol–water partition coefficient (Wildman–Crippen LogP) is 6.43. The number of hydrogen-bond donors (Lipinski definition) is 1. The number of nitrogens with one attached hydrogen (secondary N) is 1.